The van der Waals surface area contributed by atoms with Crippen molar-refractivity contribution in [1.29, 1.82) is 0 Å². The van der Waals surface area contributed by atoms with Crippen molar-refractivity contribution < 1.29 is 4.92 Å². The maximum Gasteiger partial charge on any atom is 0.224 e. The molecule has 0 aliphatic heterocycles. The number of nitro groups is 1. The van der Waals surface area contributed by atoms with Crippen molar-refractivity contribution in [3.8, 4) is 0 Å². The van der Waals surface area contributed by atoms with Gasteiger partial charge in [-0.25, -0.2) is 4.98 Å². The van der Waals surface area contributed by atoms with Crippen molar-refractivity contribution in [2.24, 2.45) is 0 Å². The summed E-state index contributed by atoms with van der Waals surface area (Å²) in [7, 11) is 0. The minimum absolute atomic E-state index is 0.129. The first-order valence-electron chi connectivity index (χ1n) is 7.39. The molecular weight excluding hydrogens is 278 g/mol. The second kappa shape index (κ2) is 4.94. The fraction of sp³-hybridized carbons (Fsp3) is 0.235. The summed E-state index contributed by atoms with van der Waals surface area (Å²) in [4.78, 5) is 18.9. The molecule has 0 fully saturated rings. The van der Waals surface area contributed by atoms with Gasteiger partial charge in [0.05, 0.1) is 5.92 Å². The fourth-order valence-electron chi connectivity index (χ4n) is 3.58. The normalized spacial score (nSPS) is 20.7. The van der Waals surface area contributed by atoms with Crippen LogP contribution in [0.1, 0.15) is 29.0 Å². The molecule has 4 rings (SSSR count). The Balaban J connectivity index is 1.94. The number of benzene rings is 1. The Morgan fingerprint density at radius 3 is 2.91 bits per heavy atom. The third-order valence-corrected chi connectivity index (χ3v) is 4.57. The van der Waals surface area contributed by atoms with Gasteiger partial charge in [-0.1, -0.05) is 24.3 Å². The van der Waals surface area contributed by atoms with Crippen molar-refractivity contribution in [3.05, 3.63) is 75.6 Å². The SMILES string of the molecule is O=[N+]([O-])[C@H]1CCc2ccccc2[C@@H]1c1c[nH]c2ncccc12. The number of nitrogens with zero attached hydrogens (tertiary/aromatic N) is 2. The van der Waals surface area contributed by atoms with Crippen LogP contribution in [0, 0.1) is 10.1 Å². The minimum Gasteiger partial charge on any atom is -0.346 e. The number of aromatic nitrogens is 2. The van der Waals surface area contributed by atoms with Gasteiger partial charge in [-0.2, -0.15) is 0 Å². The Hall–Kier alpha value is -2.69. The lowest BCUT2D eigenvalue weighted by Gasteiger charge is -2.28. The zero-order valence-corrected chi connectivity index (χ0v) is 11.9. The molecule has 3 aromatic rings. The quantitative estimate of drug-likeness (QED) is 0.582. The molecule has 0 saturated carbocycles. The van der Waals surface area contributed by atoms with Crippen LogP contribution in [0.5, 0.6) is 0 Å². The zero-order chi connectivity index (χ0) is 15.1. The third kappa shape index (κ3) is 1.89. The van der Waals surface area contributed by atoms with E-state index in [-0.39, 0.29) is 10.8 Å². The lowest BCUT2D eigenvalue weighted by atomic mass is 9.76. The van der Waals surface area contributed by atoms with Crippen molar-refractivity contribution in [1.82, 2.24) is 9.97 Å². The molecule has 5 heteroatoms. The molecule has 0 amide bonds. The fourth-order valence-corrected chi connectivity index (χ4v) is 3.58. The lowest BCUT2D eigenvalue weighted by molar-refractivity contribution is -0.526. The molecule has 1 aliphatic rings. The number of hydrogen-bond acceptors (Lipinski definition) is 3. The molecule has 110 valence electrons. The Kier molecular flexibility index (Phi) is 2.92. The number of hydrogen-bond donors (Lipinski definition) is 1. The van der Waals surface area contributed by atoms with Crippen LogP contribution in [-0.4, -0.2) is 20.9 Å². The van der Waals surface area contributed by atoms with Crippen LogP contribution in [0.2, 0.25) is 0 Å². The van der Waals surface area contributed by atoms with Gasteiger partial charge >= 0.3 is 0 Å². The van der Waals surface area contributed by atoms with Crippen LogP contribution in [0.4, 0.5) is 0 Å². The summed E-state index contributed by atoms with van der Waals surface area (Å²) in [5.41, 5.74) is 4.03. The van der Waals surface area contributed by atoms with E-state index in [9.17, 15) is 10.1 Å². The molecule has 0 saturated heterocycles. The zero-order valence-electron chi connectivity index (χ0n) is 11.9. The molecule has 1 aliphatic carbocycles. The minimum atomic E-state index is -0.589. The van der Waals surface area contributed by atoms with Gasteiger partial charge < -0.3 is 4.98 Å². The summed E-state index contributed by atoms with van der Waals surface area (Å²) in [6, 6.07) is 11.3. The highest BCUT2D eigenvalue weighted by molar-refractivity contribution is 5.81. The van der Waals surface area contributed by atoms with Crippen molar-refractivity contribution in [2.75, 3.05) is 0 Å². The van der Waals surface area contributed by atoms with Crippen LogP contribution in [0.25, 0.3) is 11.0 Å². The first-order chi connectivity index (χ1) is 10.8. The van der Waals surface area contributed by atoms with E-state index in [0.717, 1.165) is 28.6 Å². The molecule has 2 atom stereocenters. The molecular formula is C17H15N3O2. The van der Waals surface area contributed by atoms with Crippen LogP contribution in [0.3, 0.4) is 0 Å². The molecule has 2 aromatic heterocycles. The highest BCUT2D eigenvalue weighted by Crippen LogP contribution is 2.40. The van der Waals surface area contributed by atoms with Crippen LogP contribution >= 0.6 is 0 Å². The molecule has 0 unspecified atom stereocenters. The number of fused-ring (bicyclic) bond motifs is 2. The van der Waals surface area contributed by atoms with E-state index in [1.165, 1.54) is 5.56 Å². The van der Waals surface area contributed by atoms with Gasteiger partial charge in [0, 0.05) is 29.1 Å². The van der Waals surface area contributed by atoms with E-state index in [2.05, 4.69) is 16.0 Å². The largest absolute Gasteiger partial charge is 0.346 e. The maximum atomic E-state index is 11.6. The van der Waals surface area contributed by atoms with Crippen molar-refractivity contribution >= 4 is 11.0 Å². The number of aryl methyl sites for hydroxylation is 1. The molecule has 5 nitrogen and oxygen atoms in total. The summed E-state index contributed by atoms with van der Waals surface area (Å²) in [6.07, 6.45) is 4.93. The highest BCUT2D eigenvalue weighted by atomic mass is 16.6. The molecule has 1 N–H and O–H groups in total. The first kappa shape index (κ1) is 13.0. The van der Waals surface area contributed by atoms with E-state index in [1.54, 1.807) is 6.20 Å². The summed E-state index contributed by atoms with van der Waals surface area (Å²) in [5.74, 6) is -0.224. The smallest absolute Gasteiger partial charge is 0.224 e. The monoisotopic (exact) mass is 293 g/mol. The second-order valence-corrected chi connectivity index (χ2v) is 5.71. The summed E-state index contributed by atoms with van der Waals surface area (Å²) in [6.45, 7) is 0. The summed E-state index contributed by atoms with van der Waals surface area (Å²) >= 11 is 0. The van der Waals surface area contributed by atoms with E-state index in [4.69, 9.17) is 0 Å². The molecule has 0 spiro atoms. The topological polar surface area (TPSA) is 71.8 Å². The average molecular weight is 293 g/mol. The number of aromatic amines is 1. The van der Waals surface area contributed by atoms with Gasteiger partial charge in [-0.05, 0) is 35.2 Å². The average Bonchev–Trinajstić information content (AvgIpc) is 2.97. The Morgan fingerprint density at radius 2 is 2.05 bits per heavy atom. The van der Waals surface area contributed by atoms with Crippen molar-refractivity contribution in [2.45, 2.75) is 24.8 Å². The molecule has 0 radical (unpaired) electrons. The maximum absolute atomic E-state index is 11.6. The van der Waals surface area contributed by atoms with E-state index in [0.29, 0.717) is 6.42 Å². The second-order valence-electron chi connectivity index (χ2n) is 5.71. The predicted octanol–water partition coefficient (Wildman–Crippen LogP) is 3.29. The summed E-state index contributed by atoms with van der Waals surface area (Å²) < 4.78 is 0. The first-order valence-corrected chi connectivity index (χ1v) is 7.39. The van der Waals surface area contributed by atoms with Gasteiger partial charge in [0.25, 0.3) is 0 Å². The van der Waals surface area contributed by atoms with Crippen LogP contribution in [-0.2, 0) is 6.42 Å². The highest BCUT2D eigenvalue weighted by Gasteiger charge is 2.39. The Bertz CT molecular complexity index is 856. The number of nitrogens with one attached hydrogen (secondary N) is 1. The molecule has 2 heterocycles. The van der Waals surface area contributed by atoms with Crippen LogP contribution < -0.4 is 0 Å². The lowest BCUT2D eigenvalue weighted by Crippen LogP contribution is -2.33. The van der Waals surface area contributed by atoms with Gasteiger partial charge in [-0.3, -0.25) is 10.1 Å². The van der Waals surface area contributed by atoms with Crippen LogP contribution in [0.15, 0.2) is 48.8 Å². The van der Waals surface area contributed by atoms with Gasteiger partial charge in [0.15, 0.2) is 0 Å². The van der Waals surface area contributed by atoms with Gasteiger partial charge in [0.1, 0.15) is 5.65 Å². The van der Waals surface area contributed by atoms with Crippen molar-refractivity contribution in [3.63, 3.8) is 0 Å². The third-order valence-electron chi connectivity index (χ3n) is 4.57. The van der Waals surface area contributed by atoms with E-state index in [1.807, 2.05) is 36.5 Å². The van der Waals surface area contributed by atoms with Gasteiger partial charge in [-0.15, -0.1) is 0 Å². The standard InChI is InChI=1S/C17H15N3O2/c21-20(22)15-8-7-11-4-1-2-5-12(11)16(15)14-10-19-17-13(14)6-3-9-18-17/h1-6,9-10,15-16H,7-8H2,(H,18,19)/t15-,16+/m0/s1. The number of rotatable bonds is 2. The molecule has 0 bridgehead atoms. The Labute approximate surface area is 127 Å². The van der Waals surface area contributed by atoms with Gasteiger partial charge in [0.2, 0.25) is 6.04 Å². The molecule has 1 aromatic carbocycles. The molecule has 22 heavy (non-hydrogen) atoms. The number of pyridine rings is 1. The Morgan fingerprint density at radius 1 is 1.18 bits per heavy atom. The number of H-pyrrole nitrogens is 1. The summed E-state index contributed by atoms with van der Waals surface area (Å²) in [5, 5.41) is 12.6. The van der Waals surface area contributed by atoms with E-state index >= 15 is 0 Å². The van der Waals surface area contributed by atoms with E-state index < -0.39 is 6.04 Å². The predicted molar refractivity (Wildman–Crippen MR) is 83.5 cm³/mol.